The molecule has 1 saturated heterocycles. The first-order chi connectivity index (χ1) is 13.2. The third-order valence-electron chi connectivity index (χ3n) is 5.64. The topological polar surface area (TPSA) is 63.9 Å². The summed E-state index contributed by atoms with van der Waals surface area (Å²) in [5, 5.41) is 0.710. The smallest absolute Gasteiger partial charge is 0.261 e. The summed E-state index contributed by atoms with van der Waals surface area (Å²) in [4.78, 5) is 29.4. The van der Waals surface area contributed by atoms with Gasteiger partial charge < -0.3 is 4.90 Å². The first-order valence-corrected chi connectivity index (χ1v) is 9.75. The molecule has 0 N–H and O–H groups in total. The number of hydrogen-bond acceptors (Lipinski definition) is 5. The molecule has 0 spiro atoms. The number of rotatable bonds is 4. The largest absolute Gasteiger partial charge is 0.345 e. The molecule has 0 radical (unpaired) electrons. The molecule has 2 aliphatic rings. The van der Waals surface area contributed by atoms with Gasteiger partial charge in [-0.25, -0.2) is 9.97 Å². The second-order valence-corrected chi connectivity index (χ2v) is 7.71. The molecule has 1 aliphatic heterocycles. The van der Waals surface area contributed by atoms with Crippen molar-refractivity contribution in [1.29, 1.82) is 0 Å². The van der Waals surface area contributed by atoms with Crippen molar-refractivity contribution in [1.82, 2.24) is 19.5 Å². The third kappa shape index (κ3) is 2.99. The zero-order valence-electron chi connectivity index (χ0n) is 15.5. The molecule has 1 unspecified atom stereocenters. The Balaban J connectivity index is 1.63. The van der Waals surface area contributed by atoms with Crippen LogP contribution in [0.1, 0.15) is 43.2 Å². The Morgan fingerprint density at radius 1 is 1.11 bits per heavy atom. The van der Waals surface area contributed by atoms with Crippen LogP contribution in [0.5, 0.6) is 0 Å². The maximum Gasteiger partial charge on any atom is 0.261 e. The Morgan fingerprint density at radius 2 is 1.96 bits per heavy atom. The van der Waals surface area contributed by atoms with Crippen molar-refractivity contribution >= 4 is 16.7 Å². The fourth-order valence-electron chi connectivity index (χ4n) is 4.02. The van der Waals surface area contributed by atoms with Crippen LogP contribution in [0, 0.1) is 12.8 Å². The first-order valence-electron chi connectivity index (χ1n) is 9.75. The lowest BCUT2D eigenvalue weighted by Crippen LogP contribution is -2.33. The zero-order chi connectivity index (χ0) is 18.4. The van der Waals surface area contributed by atoms with Gasteiger partial charge in [0.25, 0.3) is 5.56 Å². The van der Waals surface area contributed by atoms with Crippen LogP contribution in [0.3, 0.4) is 0 Å². The average molecular weight is 361 g/mol. The van der Waals surface area contributed by atoms with Crippen LogP contribution in [-0.2, 0) is 6.54 Å². The van der Waals surface area contributed by atoms with Crippen LogP contribution in [0.2, 0.25) is 0 Å². The lowest BCUT2D eigenvalue weighted by Gasteiger charge is -2.27. The minimum absolute atomic E-state index is 0.0677. The minimum atomic E-state index is 0.0677. The van der Waals surface area contributed by atoms with Gasteiger partial charge in [0, 0.05) is 13.1 Å². The summed E-state index contributed by atoms with van der Waals surface area (Å²) >= 11 is 0. The number of para-hydroxylation sites is 1. The summed E-state index contributed by atoms with van der Waals surface area (Å²) in [5.74, 6) is 2.35. The van der Waals surface area contributed by atoms with Crippen molar-refractivity contribution < 1.29 is 0 Å². The van der Waals surface area contributed by atoms with Gasteiger partial charge in [0.15, 0.2) is 0 Å². The standard InChI is InChI=1S/C21H23N5O/c1-14-11-23-19(12-22-14)25-10-4-7-18(25)20-24-17-6-3-2-5-16(17)21(27)26(20)13-15-8-9-15/h2-3,5-6,11-12,15,18H,4,7-10,13H2,1H3. The Bertz CT molecular complexity index is 1040. The zero-order valence-corrected chi connectivity index (χ0v) is 15.5. The molecule has 2 fully saturated rings. The summed E-state index contributed by atoms with van der Waals surface area (Å²) in [6, 6.07) is 7.75. The number of hydrogen-bond donors (Lipinski definition) is 0. The van der Waals surface area contributed by atoms with Crippen LogP contribution in [-0.4, -0.2) is 26.1 Å². The highest BCUT2D eigenvalue weighted by Crippen LogP contribution is 2.36. The van der Waals surface area contributed by atoms with Gasteiger partial charge in [-0.15, -0.1) is 0 Å². The molecule has 1 saturated carbocycles. The predicted molar refractivity (Wildman–Crippen MR) is 105 cm³/mol. The Kier molecular flexibility index (Phi) is 3.92. The monoisotopic (exact) mass is 361 g/mol. The maximum atomic E-state index is 13.2. The van der Waals surface area contributed by atoms with Gasteiger partial charge in [-0.2, -0.15) is 0 Å². The summed E-state index contributed by atoms with van der Waals surface area (Å²) in [6.45, 7) is 3.63. The predicted octanol–water partition coefficient (Wildman–Crippen LogP) is 3.25. The van der Waals surface area contributed by atoms with E-state index in [1.165, 1.54) is 12.8 Å². The highest BCUT2D eigenvalue weighted by molar-refractivity contribution is 5.77. The van der Waals surface area contributed by atoms with E-state index in [-0.39, 0.29) is 11.6 Å². The highest BCUT2D eigenvalue weighted by atomic mass is 16.1. The molecule has 6 nitrogen and oxygen atoms in total. The Hall–Kier alpha value is -2.76. The molecule has 1 aromatic carbocycles. The molecule has 0 bridgehead atoms. The van der Waals surface area contributed by atoms with E-state index in [1.807, 2.05) is 42.0 Å². The van der Waals surface area contributed by atoms with Crippen molar-refractivity contribution in [3.05, 3.63) is 58.5 Å². The molecule has 3 aromatic rings. The molecule has 27 heavy (non-hydrogen) atoms. The molecule has 5 rings (SSSR count). The number of nitrogens with zero attached hydrogens (tertiary/aromatic N) is 5. The highest BCUT2D eigenvalue weighted by Gasteiger charge is 2.33. The van der Waals surface area contributed by atoms with E-state index < -0.39 is 0 Å². The fraction of sp³-hybridized carbons (Fsp3) is 0.429. The second-order valence-electron chi connectivity index (χ2n) is 7.71. The van der Waals surface area contributed by atoms with Crippen molar-refractivity contribution in [2.24, 2.45) is 5.92 Å². The van der Waals surface area contributed by atoms with Crippen molar-refractivity contribution in [2.75, 3.05) is 11.4 Å². The molecule has 0 amide bonds. The molecule has 1 aliphatic carbocycles. The summed E-state index contributed by atoms with van der Waals surface area (Å²) in [7, 11) is 0. The van der Waals surface area contributed by atoms with Gasteiger partial charge in [-0.1, -0.05) is 12.1 Å². The SMILES string of the molecule is Cc1cnc(N2CCCC2c2nc3ccccc3c(=O)n2CC2CC2)cn1. The third-order valence-corrected chi connectivity index (χ3v) is 5.64. The maximum absolute atomic E-state index is 13.2. The van der Waals surface area contributed by atoms with Crippen LogP contribution < -0.4 is 10.5 Å². The number of aromatic nitrogens is 4. The lowest BCUT2D eigenvalue weighted by atomic mass is 10.1. The normalized spacial score (nSPS) is 19.7. The van der Waals surface area contributed by atoms with Crippen molar-refractivity contribution in [3.8, 4) is 0 Å². The molecule has 6 heteroatoms. The van der Waals surface area contributed by atoms with Crippen LogP contribution in [0.25, 0.3) is 10.9 Å². The van der Waals surface area contributed by atoms with E-state index in [1.54, 1.807) is 6.20 Å². The fourth-order valence-corrected chi connectivity index (χ4v) is 4.02. The summed E-state index contributed by atoms with van der Waals surface area (Å²) < 4.78 is 1.94. The molecular formula is C21H23N5O. The van der Waals surface area contributed by atoms with Gasteiger partial charge in [0.2, 0.25) is 0 Å². The van der Waals surface area contributed by atoms with Gasteiger partial charge in [-0.05, 0) is 50.7 Å². The van der Waals surface area contributed by atoms with Gasteiger partial charge in [0.05, 0.1) is 35.0 Å². The van der Waals surface area contributed by atoms with E-state index in [9.17, 15) is 4.79 Å². The average Bonchev–Trinajstić information content (AvgIpc) is 3.38. The summed E-state index contributed by atoms with van der Waals surface area (Å²) in [5.41, 5.74) is 1.78. The van der Waals surface area contributed by atoms with E-state index in [0.717, 1.165) is 48.8 Å². The molecular weight excluding hydrogens is 338 g/mol. The van der Waals surface area contributed by atoms with E-state index in [4.69, 9.17) is 4.98 Å². The quantitative estimate of drug-likeness (QED) is 0.714. The molecule has 1 atom stereocenters. The molecule has 2 aromatic heterocycles. The molecule has 3 heterocycles. The number of benzene rings is 1. The van der Waals surface area contributed by atoms with Crippen molar-refractivity contribution in [3.63, 3.8) is 0 Å². The van der Waals surface area contributed by atoms with Gasteiger partial charge >= 0.3 is 0 Å². The van der Waals surface area contributed by atoms with Gasteiger partial charge in [-0.3, -0.25) is 14.3 Å². The number of fused-ring (bicyclic) bond motifs is 1. The molecule has 138 valence electrons. The Morgan fingerprint density at radius 3 is 2.74 bits per heavy atom. The minimum Gasteiger partial charge on any atom is -0.345 e. The van der Waals surface area contributed by atoms with Crippen molar-refractivity contribution in [2.45, 2.75) is 45.2 Å². The summed E-state index contributed by atoms with van der Waals surface area (Å²) in [6.07, 6.45) is 8.08. The second kappa shape index (κ2) is 6.44. The lowest BCUT2D eigenvalue weighted by molar-refractivity contribution is 0.526. The first kappa shape index (κ1) is 16.4. The van der Waals surface area contributed by atoms with E-state index >= 15 is 0 Å². The Labute approximate surface area is 157 Å². The number of anilines is 1. The van der Waals surface area contributed by atoms with E-state index in [0.29, 0.717) is 11.3 Å². The van der Waals surface area contributed by atoms with Crippen LogP contribution in [0.4, 0.5) is 5.82 Å². The van der Waals surface area contributed by atoms with Crippen LogP contribution in [0.15, 0.2) is 41.5 Å². The van der Waals surface area contributed by atoms with Crippen LogP contribution >= 0.6 is 0 Å². The number of aryl methyl sites for hydroxylation is 1. The van der Waals surface area contributed by atoms with E-state index in [2.05, 4.69) is 14.9 Å². The van der Waals surface area contributed by atoms with Gasteiger partial charge in [0.1, 0.15) is 11.6 Å².